The van der Waals surface area contributed by atoms with E-state index in [-0.39, 0.29) is 0 Å². The summed E-state index contributed by atoms with van der Waals surface area (Å²) >= 11 is 0. The summed E-state index contributed by atoms with van der Waals surface area (Å²) in [4.78, 5) is 0. The van der Waals surface area contributed by atoms with Gasteiger partial charge in [0.25, 0.3) is 0 Å². The first kappa shape index (κ1) is 17.2. The molecule has 1 saturated heterocycles. The number of rotatable bonds is 5. The lowest BCUT2D eigenvalue weighted by Gasteiger charge is -2.36. The Balaban J connectivity index is 1.97. The van der Waals surface area contributed by atoms with Crippen LogP contribution in [0, 0.1) is 12.8 Å². The molecule has 1 aromatic carbocycles. The smallest absolute Gasteiger partial charge is 0.211 e. The molecule has 1 aromatic rings. The second-order valence-corrected chi connectivity index (χ2v) is 8.17. The van der Waals surface area contributed by atoms with Gasteiger partial charge in [-0.1, -0.05) is 24.6 Å². The highest BCUT2D eigenvalue weighted by Crippen LogP contribution is 2.22. The van der Waals surface area contributed by atoms with Crippen molar-refractivity contribution in [2.24, 2.45) is 5.92 Å². The minimum atomic E-state index is -3.08. The molecular weight excluding hydrogens is 300 g/mol. The van der Waals surface area contributed by atoms with Gasteiger partial charge >= 0.3 is 0 Å². The van der Waals surface area contributed by atoms with E-state index in [0.717, 1.165) is 24.3 Å². The van der Waals surface area contributed by atoms with Gasteiger partial charge < -0.3 is 10.1 Å². The van der Waals surface area contributed by atoms with E-state index >= 15 is 0 Å². The summed E-state index contributed by atoms with van der Waals surface area (Å²) in [6, 6.07) is 6.47. The van der Waals surface area contributed by atoms with Crippen LogP contribution in [0.5, 0.6) is 5.75 Å². The number of benzene rings is 1. The fraction of sp³-hybridized carbons (Fsp3) is 0.625. The van der Waals surface area contributed by atoms with Gasteiger partial charge in [0.1, 0.15) is 5.75 Å². The van der Waals surface area contributed by atoms with Crippen molar-refractivity contribution in [3.05, 3.63) is 29.3 Å². The largest absolute Gasteiger partial charge is 0.496 e. The number of aryl methyl sites for hydroxylation is 1. The third-order valence-corrected chi connectivity index (χ3v) is 5.60. The molecule has 1 aliphatic rings. The quantitative estimate of drug-likeness (QED) is 0.896. The van der Waals surface area contributed by atoms with Crippen molar-refractivity contribution < 1.29 is 13.2 Å². The van der Waals surface area contributed by atoms with Crippen LogP contribution in [-0.4, -0.2) is 45.2 Å². The highest BCUT2D eigenvalue weighted by molar-refractivity contribution is 7.88. The predicted molar refractivity (Wildman–Crippen MR) is 88.6 cm³/mol. The topological polar surface area (TPSA) is 58.6 Å². The zero-order valence-electron chi connectivity index (χ0n) is 13.8. The van der Waals surface area contributed by atoms with E-state index in [4.69, 9.17) is 4.74 Å². The fourth-order valence-corrected chi connectivity index (χ4v) is 3.94. The Kier molecular flexibility index (Phi) is 5.47. The van der Waals surface area contributed by atoms with Crippen LogP contribution < -0.4 is 10.1 Å². The number of nitrogens with zero attached hydrogens (tertiary/aromatic N) is 1. The van der Waals surface area contributed by atoms with Gasteiger partial charge in [0, 0.05) is 31.2 Å². The minimum Gasteiger partial charge on any atom is -0.496 e. The van der Waals surface area contributed by atoms with Crippen LogP contribution in [0.3, 0.4) is 0 Å². The number of ether oxygens (including phenoxy) is 1. The molecule has 0 amide bonds. The monoisotopic (exact) mass is 326 g/mol. The van der Waals surface area contributed by atoms with Gasteiger partial charge in [-0.2, -0.15) is 0 Å². The van der Waals surface area contributed by atoms with Gasteiger partial charge in [0.15, 0.2) is 0 Å². The molecule has 1 N–H and O–H groups in total. The molecular formula is C16H26N2O3S. The molecule has 1 fully saturated rings. The Labute approximate surface area is 133 Å². The van der Waals surface area contributed by atoms with Crippen molar-refractivity contribution in [3.8, 4) is 5.75 Å². The van der Waals surface area contributed by atoms with E-state index in [2.05, 4.69) is 25.2 Å². The molecule has 1 heterocycles. The minimum absolute atomic E-state index is 0.291. The second-order valence-electron chi connectivity index (χ2n) is 6.19. The van der Waals surface area contributed by atoms with E-state index in [1.807, 2.05) is 12.1 Å². The Morgan fingerprint density at radius 2 is 2.14 bits per heavy atom. The number of piperidine rings is 1. The van der Waals surface area contributed by atoms with Gasteiger partial charge in [0.2, 0.25) is 10.0 Å². The molecule has 2 rings (SSSR count). The van der Waals surface area contributed by atoms with Crippen LogP contribution in [0.2, 0.25) is 0 Å². The number of nitrogens with one attached hydrogen (secondary N) is 1. The summed E-state index contributed by atoms with van der Waals surface area (Å²) in [5.41, 5.74) is 2.35. The maximum Gasteiger partial charge on any atom is 0.211 e. The first-order valence-electron chi connectivity index (χ1n) is 7.63. The van der Waals surface area contributed by atoms with E-state index in [1.54, 1.807) is 11.4 Å². The number of hydrogen-bond acceptors (Lipinski definition) is 4. The third kappa shape index (κ3) is 4.21. The molecule has 0 aromatic heterocycles. The average molecular weight is 326 g/mol. The highest BCUT2D eigenvalue weighted by Gasteiger charge is 2.30. The van der Waals surface area contributed by atoms with Crippen molar-refractivity contribution in [2.75, 3.05) is 26.5 Å². The van der Waals surface area contributed by atoms with Crippen LogP contribution >= 0.6 is 0 Å². The SMILES string of the molecule is COc1ccc(C)cc1CN[C@H]1CCN(S(C)(=O)=O)C[C@@H]1C. The molecule has 0 spiro atoms. The second kappa shape index (κ2) is 6.98. The van der Waals surface area contributed by atoms with Gasteiger partial charge in [-0.25, -0.2) is 12.7 Å². The van der Waals surface area contributed by atoms with E-state index in [0.29, 0.717) is 25.0 Å². The molecule has 22 heavy (non-hydrogen) atoms. The number of methoxy groups -OCH3 is 1. The van der Waals surface area contributed by atoms with Gasteiger partial charge in [-0.05, 0) is 25.3 Å². The molecule has 0 aliphatic carbocycles. The molecule has 0 unspecified atom stereocenters. The number of hydrogen-bond donors (Lipinski definition) is 1. The normalized spacial score (nSPS) is 23.5. The lowest BCUT2D eigenvalue weighted by atomic mass is 9.95. The zero-order chi connectivity index (χ0) is 16.3. The average Bonchev–Trinajstić information content (AvgIpc) is 2.45. The van der Waals surface area contributed by atoms with Crippen molar-refractivity contribution in [3.63, 3.8) is 0 Å². The molecule has 0 saturated carbocycles. The summed E-state index contributed by atoms with van der Waals surface area (Å²) in [5.74, 6) is 1.18. The molecule has 6 heteroatoms. The Morgan fingerprint density at radius 1 is 1.41 bits per heavy atom. The fourth-order valence-electron chi connectivity index (χ4n) is 3.00. The Bertz CT molecular complexity index is 616. The zero-order valence-corrected chi connectivity index (χ0v) is 14.6. The van der Waals surface area contributed by atoms with Crippen molar-refractivity contribution in [2.45, 2.75) is 32.9 Å². The molecule has 0 radical (unpaired) electrons. The van der Waals surface area contributed by atoms with Crippen LogP contribution in [0.15, 0.2) is 18.2 Å². The van der Waals surface area contributed by atoms with Crippen molar-refractivity contribution >= 4 is 10.0 Å². The van der Waals surface area contributed by atoms with E-state index in [9.17, 15) is 8.42 Å². The summed E-state index contributed by atoms with van der Waals surface area (Å²) in [6.45, 7) is 6.07. The van der Waals surface area contributed by atoms with Crippen molar-refractivity contribution in [1.29, 1.82) is 0 Å². The van der Waals surface area contributed by atoms with Gasteiger partial charge in [-0.15, -0.1) is 0 Å². The first-order valence-corrected chi connectivity index (χ1v) is 9.48. The van der Waals surface area contributed by atoms with Gasteiger partial charge in [-0.3, -0.25) is 0 Å². The highest BCUT2D eigenvalue weighted by atomic mass is 32.2. The lowest BCUT2D eigenvalue weighted by molar-refractivity contribution is 0.219. The van der Waals surface area contributed by atoms with Crippen LogP contribution in [0.4, 0.5) is 0 Å². The summed E-state index contributed by atoms with van der Waals surface area (Å²) < 4.78 is 30.2. The molecule has 1 aliphatic heterocycles. The lowest BCUT2D eigenvalue weighted by Crippen LogP contribution is -2.49. The van der Waals surface area contributed by atoms with E-state index < -0.39 is 10.0 Å². The maximum absolute atomic E-state index is 11.6. The van der Waals surface area contributed by atoms with Gasteiger partial charge in [0.05, 0.1) is 13.4 Å². The van der Waals surface area contributed by atoms with Crippen molar-refractivity contribution in [1.82, 2.24) is 9.62 Å². The predicted octanol–water partition coefficient (Wildman–Crippen LogP) is 1.76. The molecule has 5 nitrogen and oxygen atoms in total. The number of sulfonamides is 1. The summed E-state index contributed by atoms with van der Waals surface area (Å²) in [7, 11) is -1.40. The first-order chi connectivity index (χ1) is 10.3. The van der Waals surface area contributed by atoms with Crippen LogP contribution in [-0.2, 0) is 16.6 Å². The molecule has 124 valence electrons. The van der Waals surface area contributed by atoms with E-state index in [1.165, 1.54) is 11.8 Å². The summed E-state index contributed by atoms with van der Waals surface area (Å²) in [6.07, 6.45) is 2.12. The standard InChI is InChI=1S/C16H26N2O3S/c1-12-5-6-16(21-3)14(9-12)10-17-15-7-8-18(11-13(15)2)22(4,19)20/h5-6,9,13,15,17H,7-8,10-11H2,1-4H3/t13-,15-/m0/s1. The maximum atomic E-state index is 11.6. The summed E-state index contributed by atoms with van der Waals surface area (Å²) in [5, 5.41) is 3.56. The Hall–Kier alpha value is -1.11. The molecule has 2 atom stereocenters. The van der Waals surface area contributed by atoms with Crippen LogP contribution in [0.25, 0.3) is 0 Å². The Morgan fingerprint density at radius 3 is 2.73 bits per heavy atom. The van der Waals surface area contributed by atoms with Crippen LogP contribution in [0.1, 0.15) is 24.5 Å². The molecule has 0 bridgehead atoms. The third-order valence-electron chi connectivity index (χ3n) is 4.33.